The maximum absolute atomic E-state index is 12.3. The van der Waals surface area contributed by atoms with E-state index in [2.05, 4.69) is 10.2 Å². The Bertz CT molecular complexity index is 619. The molecular weight excluding hydrogens is 306 g/mol. The van der Waals surface area contributed by atoms with Crippen molar-refractivity contribution in [3.63, 3.8) is 0 Å². The number of likely N-dealkylation sites (tertiary alicyclic amines) is 1. The van der Waals surface area contributed by atoms with Crippen LogP contribution in [0.5, 0.6) is 0 Å². The summed E-state index contributed by atoms with van der Waals surface area (Å²) in [5.74, 6) is 6.83. The van der Waals surface area contributed by atoms with Crippen molar-refractivity contribution in [1.29, 1.82) is 0 Å². The lowest BCUT2D eigenvalue weighted by atomic mass is 10.4. The van der Waals surface area contributed by atoms with Crippen LogP contribution in [0.2, 0.25) is 0 Å². The molecule has 3 rings (SSSR count). The van der Waals surface area contributed by atoms with Crippen molar-refractivity contribution in [3.05, 3.63) is 17.5 Å². The van der Waals surface area contributed by atoms with Gasteiger partial charge in [-0.1, -0.05) is 17.8 Å². The third-order valence-electron chi connectivity index (χ3n) is 3.45. The first-order valence-corrected chi connectivity index (χ1v) is 8.62. The van der Waals surface area contributed by atoms with E-state index in [1.54, 1.807) is 11.3 Å². The summed E-state index contributed by atoms with van der Waals surface area (Å²) in [6.45, 7) is 3.61. The summed E-state index contributed by atoms with van der Waals surface area (Å²) >= 11 is 2.92. The zero-order valence-corrected chi connectivity index (χ0v) is 13.4. The maximum atomic E-state index is 12.3. The molecule has 6 nitrogen and oxygen atoms in total. The van der Waals surface area contributed by atoms with Crippen molar-refractivity contribution in [2.24, 2.45) is 0 Å². The molecule has 0 radical (unpaired) electrons. The minimum Gasteiger partial charge on any atom is -0.342 e. The normalized spacial score (nSPS) is 16.3. The second kappa shape index (κ2) is 6.07. The molecule has 1 amide bonds. The first kappa shape index (κ1) is 14.4. The van der Waals surface area contributed by atoms with E-state index < -0.39 is 0 Å². The molecule has 1 saturated heterocycles. The number of amides is 1. The number of carbonyl (C=O) groups is 1. The Balaban J connectivity index is 1.71. The highest BCUT2D eigenvalue weighted by atomic mass is 32.2. The van der Waals surface area contributed by atoms with Gasteiger partial charge in [0.1, 0.15) is 0 Å². The molecule has 1 aliphatic rings. The molecule has 0 aliphatic carbocycles. The Hall–Kier alpha value is -1.54. The average Bonchev–Trinajstić information content (AvgIpc) is 3.20. The molecule has 0 aromatic carbocycles. The largest absolute Gasteiger partial charge is 0.342 e. The molecule has 2 aromatic heterocycles. The summed E-state index contributed by atoms with van der Waals surface area (Å²) in [6.07, 6.45) is 2.19. The van der Waals surface area contributed by atoms with Crippen LogP contribution in [0.3, 0.4) is 0 Å². The van der Waals surface area contributed by atoms with Crippen LogP contribution in [0.15, 0.2) is 22.7 Å². The summed E-state index contributed by atoms with van der Waals surface area (Å²) < 4.78 is 1.46. The fourth-order valence-electron chi connectivity index (χ4n) is 2.33. The summed E-state index contributed by atoms with van der Waals surface area (Å²) in [6, 6.07) is 3.90. The Labute approximate surface area is 131 Å². The topological polar surface area (TPSA) is 77.0 Å². The Morgan fingerprint density at radius 2 is 2.19 bits per heavy atom. The number of nitrogens with two attached hydrogens (primary N) is 1. The molecule has 1 aliphatic heterocycles. The van der Waals surface area contributed by atoms with Gasteiger partial charge in [-0.05, 0) is 31.2 Å². The van der Waals surface area contributed by atoms with Crippen LogP contribution in [0.4, 0.5) is 0 Å². The molecule has 3 heterocycles. The van der Waals surface area contributed by atoms with Crippen LogP contribution in [-0.4, -0.2) is 44.0 Å². The van der Waals surface area contributed by atoms with Gasteiger partial charge >= 0.3 is 0 Å². The van der Waals surface area contributed by atoms with Crippen LogP contribution in [0.1, 0.15) is 19.8 Å². The zero-order valence-electron chi connectivity index (χ0n) is 11.7. The van der Waals surface area contributed by atoms with E-state index in [4.69, 9.17) is 5.84 Å². The fraction of sp³-hybridized carbons (Fsp3) is 0.462. The predicted octanol–water partition coefficient (Wildman–Crippen LogP) is 1.82. The van der Waals surface area contributed by atoms with Gasteiger partial charge in [-0.25, -0.2) is 4.68 Å². The van der Waals surface area contributed by atoms with Gasteiger partial charge in [-0.2, -0.15) is 0 Å². The molecule has 2 N–H and O–H groups in total. The number of aromatic nitrogens is 3. The molecule has 21 heavy (non-hydrogen) atoms. The number of hydrogen-bond acceptors (Lipinski definition) is 6. The number of nitrogen functional groups attached to an aromatic ring is 1. The van der Waals surface area contributed by atoms with E-state index in [1.807, 2.05) is 29.3 Å². The molecule has 1 unspecified atom stereocenters. The standard InChI is InChI=1S/C13H17N5OS2/c1-9(12(19)17-6-2-3-7-17)21-13-16-15-11(18(13)14)10-5-4-8-20-10/h4-5,8-9H,2-3,6-7,14H2,1H3. The third-order valence-corrected chi connectivity index (χ3v) is 5.36. The average molecular weight is 323 g/mol. The second-order valence-electron chi connectivity index (χ2n) is 4.95. The number of hydrogen-bond donors (Lipinski definition) is 1. The Kier molecular flexibility index (Phi) is 4.16. The Morgan fingerprint density at radius 3 is 2.86 bits per heavy atom. The number of rotatable bonds is 4. The molecule has 0 bridgehead atoms. The molecule has 112 valence electrons. The smallest absolute Gasteiger partial charge is 0.235 e. The lowest BCUT2D eigenvalue weighted by molar-refractivity contribution is -0.129. The van der Waals surface area contributed by atoms with Crippen molar-refractivity contribution in [2.45, 2.75) is 30.2 Å². The van der Waals surface area contributed by atoms with E-state index in [-0.39, 0.29) is 11.2 Å². The molecule has 0 spiro atoms. The van der Waals surface area contributed by atoms with E-state index >= 15 is 0 Å². The van der Waals surface area contributed by atoms with Crippen LogP contribution in [-0.2, 0) is 4.79 Å². The van der Waals surface area contributed by atoms with Crippen LogP contribution in [0, 0.1) is 0 Å². The highest BCUT2D eigenvalue weighted by Gasteiger charge is 2.26. The molecule has 8 heteroatoms. The van der Waals surface area contributed by atoms with Crippen molar-refractivity contribution in [3.8, 4) is 10.7 Å². The fourth-order valence-corrected chi connectivity index (χ4v) is 3.89. The maximum Gasteiger partial charge on any atom is 0.235 e. The summed E-state index contributed by atoms with van der Waals surface area (Å²) in [5, 5.41) is 10.6. The van der Waals surface area contributed by atoms with Gasteiger partial charge < -0.3 is 10.7 Å². The number of thiophene rings is 1. The third kappa shape index (κ3) is 2.91. The van der Waals surface area contributed by atoms with Crippen LogP contribution < -0.4 is 5.84 Å². The lowest BCUT2D eigenvalue weighted by Crippen LogP contribution is -2.34. The van der Waals surface area contributed by atoms with Crippen molar-refractivity contribution >= 4 is 29.0 Å². The van der Waals surface area contributed by atoms with Crippen LogP contribution in [0.25, 0.3) is 10.7 Å². The first-order chi connectivity index (χ1) is 10.2. The lowest BCUT2D eigenvalue weighted by Gasteiger charge is -2.19. The molecule has 0 saturated carbocycles. The zero-order chi connectivity index (χ0) is 14.8. The van der Waals surface area contributed by atoms with Crippen molar-refractivity contribution in [1.82, 2.24) is 19.8 Å². The van der Waals surface area contributed by atoms with Gasteiger partial charge in [0.15, 0.2) is 5.82 Å². The SMILES string of the molecule is CC(Sc1nnc(-c2cccs2)n1N)C(=O)N1CCCC1. The minimum atomic E-state index is -0.203. The number of carbonyl (C=O) groups excluding carboxylic acids is 1. The molecule has 1 atom stereocenters. The quantitative estimate of drug-likeness (QED) is 0.686. The Morgan fingerprint density at radius 1 is 1.43 bits per heavy atom. The van der Waals surface area contributed by atoms with Gasteiger partial charge in [0, 0.05) is 13.1 Å². The number of nitrogens with zero attached hydrogens (tertiary/aromatic N) is 4. The van der Waals surface area contributed by atoms with E-state index in [0.29, 0.717) is 11.0 Å². The minimum absolute atomic E-state index is 0.151. The first-order valence-electron chi connectivity index (χ1n) is 6.86. The summed E-state index contributed by atoms with van der Waals surface area (Å²) in [5.41, 5.74) is 0. The molecular formula is C13H17N5OS2. The van der Waals surface area contributed by atoms with E-state index in [1.165, 1.54) is 16.4 Å². The van der Waals surface area contributed by atoms with E-state index in [9.17, 15) is 4.79 Å². The highest BCUT2D eigenvalue weighted by molar-refractivity contribution is 8.00. The van der Waals surface area contributed by atoms with E-state index in [0.717, 1.165) is 30.8 Å². The van der Waals surface area contributed by atoms with Gasteiger partial charge in [-0.15, -0.1) is 21.5 Å². The van der Waals surface area contributed by atoms with Gasteiger partial charge in [0.25, 0.3) is 0 Å². The van der Waals surface area contributed by atoms with Crippen LogP contribution >= 0.6 is 23.1 Å². The van der Waals surface area contributed by atoms with Gasteiger partial charge in [-0.3, -0.25) is 4.79 Å². The van der Waals surface area contributed by atoms with Gasteiger partial charge in [0.05, 0.1) is 10.1 Å². The van der Waals surface area contributed by atoms with Gasteiger partial charge in [0.2, 0.25) is 11.1 Å². The summed E-state index contributed by atoms with van der Waals surface area (Å²) in [7, 11) is 0. The summed E-state index contributed by atoms with van der Waals surface area (Å²) in [4.78, 5) is 15.2. The monoisotopic (exact) mass is 323 g/mol. The molecule has 1 fully saturated rings. The predicted molar refractivity (Wildman–Crippen MR) is 84.6 cm³/mol. The number of thioether (sulfide) groups is 1. The molecule has 2 aromatic rings. The highest BCUT2D eigenvalue weighted by Crippen LogP contribution is 2.28. The van der Waals surface area contributed by atoms with Crippen molar-refractivity contribution in [2.75, 3.05) is 18.9 Å². The van der Waals surface area contributed by atoms with Crippen molar-refractivity contribution < 1.29 is 4.79 Å². The second-order valence-corrected chi connectivity index (χ2v) is 7.20.